The molecule has 4 nitrogen and oxygen atoms in total. The Morgan fingerprint density at radius 3 is 2.78 bits per heavy atom. The van der Waals surface area contributed by atoms with Crippen molar-refractivity contribution in [2.24, 2.45) is 0 Å². The normalized spacial score (nSPS) is 11.1. The standard InChI is InChI=1S/C19H17N3O/c1-2-4-18(5-3-1)22-10-8-17(21-22)14-20-13-15-6-7-19-16(12-15)9-11-23-19/h1-12,20H,13-14H2. The molecule has 0 spiro atoms. The molecule has 0 aliphatic heterocycles. The van der Waals surface area contributed by atoms with Crippen LogP contribution in [-0.4, -0.2) is 9.78 Å². The molecule has 1 N–H and O–H groups in total. The molecule has 0 saturated heterocycles. The lowest BCUT2D eigenvalue weighted by Crippen LogP contribution is -2.13. The van der Waals surface area contributed by atoms with Crippen LogP contribution >= 0.6 is 0 Å². The number of benzene rings is 2. The van der Waals surface area contributed by atoms with E-state index < -0.39 is 0 Å². The SMILES string of the molecule is c1ccc(-n2ccc(CNCc3ccc4occc4c3)n2)cc1. The Labute approximate surface area is 134 Å². The topological polar surface area (TPSA) is 43.0 Å². The predicted molar refractivity (Wildman–Crippen MR) is 90.3 cm³/mol. The summed E-state index contributed by atoms with van der Waals surface area (Å²) in [5.41, 5.74) is 4.26. The molecule has 23 heavy (non-hydrogen) atoms. The van der Waals surface area contributed by atoms with Crippen LogP contribution in [0, 0.1) is 0 Å². The van der Waals surface area contributed by atoms with Crippen molar-refractivity contribution < 1.29 is 4.42 Å². The van der Waals surface area contributed by atoms with E-state index in [1.807, 2.05) is 59.4 Å². The average Bonchev–Trinajstić information content (AvgIpc) is 3.24. The number of furan rings is 1. The van der Waals surface area contributed by atoms with Crippen LogP contribution in [-0.2, 0) is 13.1 Å². The van der Waals surface area contributed by atoms with Crippen LogP contribution in [0.2, 0.25) is 0 Å². The maximum atomic E-state index is 5.36. The molecule has 2 heterocycles. The van der Waals surface area contributed by atoms with Gasteiger partial charge in [-0.05, 0) is 42.0 Å². The minimum atomic E-state index is 0.739. The van der Waals surface area contributed by atoms with E-state index in [9.17, 15) is 0 Å². The fourth-order valence-electron chi connectivity index (χ4n) is 2.64. The summed E-state index contributed by atoms with van der Waals surface area (Å²) in [7, 11) is 0. The number of nitrogens with zero attached hydrogens (tertiary/aromatic N) is 2. The van der Waals surface area contributed by atoms with Crippen molar-refractivity contribution in [2.45, 2.75) is 13.1 Å². The summed E-state index contributed by atoms with van der Waals surface area (Å²) in [5.74, 6) is 0. The molecule has 4 heteroatoms. The molecule has 2 aromatic carbocycles. The van der Waals surface area contributed by atoms with Gasteiger partial charge in [-0.1, -0.05) is 24.3 Å². The third kappa shape index (κ3) is 3.03. The maximum absolute atomic E-state index is 5.36. The largest absolute Gasteiger partial charge is 0.464 e. The van der Waals surface area contributed by atoms with Crippen LogP contribution in [0.5, 0.6) is 0 Å². The summed E-state index contributed by atoms with van der Waals surface area (Å²) < 4.78 is 7.26. The zero-order valence-electron chi connectivity index (χ0n) is 12.6. The molecular formula is C19H17N3O. The Kier molecular flexibility index (Phi) is 3.66. The smallest absolute Gasteiger partial charge is 0.133 e. The van der Waals surface area contributed by atoms with Gasteiger partial charge >= 0.3 is 0 Å². The quantitative estimate of drug-likeness (QED) is 0.608. The molecule has 0 atom stereocenters. The molecule has 0 aliphatic rings. The number of para-hydroxylation sites is 1. The van der Waals surface area contributed by atoms with E-state index in [0.717, 1.165) is 35.4 Å². The maximum Gasteiger partial charge on any atom is 0.133 e. The van der Waals surface area contributed by atoms with Crippen LogP contribution in [0.15, 0.2) is 77.5 Å². The second kappa shape index (κ2) is 6.10. The Hall–Kier alpha value is -2.85. The van der Waals surface area contributed by atoms with Crippen LogP contribution in [0.3, 0.4) is 0 Å². The van der Waals surface area contributed by atoms with Gasteiger partial charge < -0.3 is 9.73 Å². The molecule has 0 fully saturated rings. The fraction of sp³-hybridized carbons (Fsp3) is 0.105. The van der Waals surface area contributed by atoms with Crippen LogP contribution < -0.4 is 5.32 Å². The summed E-state index contributed by atoms with van der Waals surface area (Å²) >= 11 is 0. The number of hydrogen-bond acceptors (Lipinski definition) is 3. The second-order valence-corrected chi connectivity index (χ2v) is 5.48. The zero-order chi connectivity index (χ0) is 15.5. The van der Waals surface area contributed by atoms with E-state index >= 15 is 0 Å². The summed E-state index contributed by atoms with van der Waals surface area (Å²) in [5, 5.41) is 9.16. The number of hydrogen-bond donors (Lipinski definition) is 1. The van der Waals surface area contributed by atoms with E-state index in [-0.39, 0.29) is 0 Å². The van der Waals surface area contributed by atoms with Gasteiger partial charge in [0.2, 0.25) is 0 Å². The molecule has 4 rings (SSSR count). The lowest BCUT2D eigenvalue weighted by molar-refractivity contribution is 0.615. The van der Waals surface area contributed by atoms with Crippen molar-refractivity contribution in [3.8, 4) is 5.69 Å². The molecule has 0 radical (unpaired) electrons. The number of fused-ring (bicyclic) bond motifs is 1. The second-order valence-electron chi connectivity index (χ2n) is 5.48. The highest BCUT2D eigenvalue weighted by atomic mass is 16.3. The van der Waals surface area contributed by atoms with Crippen molar-refractivity contribution in [3.63, 3.8) is 0 Å². The third-order valence-corrected chi connectivity index (χ3v) is 3.82. The molecule has 0 saturated carbocycles. The van der Waals surface area contributed by atoms with Crippen LogP contribution in [0.1, 0.15) is 11.3 Å². The first-order chi connectivity index (χ1) is 11.4. The van der Waals surface area contributed by atoms with Gasteiger partial charge in [-0.15, -0.1) is 0 Å². The van der Waals surface area contributed by atoms with Gasteiger partial charge in [-0.3, -0.25) is 0 Å². The van der Waals surface area contributed by atoms with Crippen molar-refractivity contribution in [1.82, 2.24) is 15.1 Å². The highest BCUT2D eigenvalue weighted by Gasteiger charge is 2.02. The van der Waals surface area contributed by atoms with Crippen molar-refractivity contribution in [1.29, 1.82) is 0 Å². The fourth-order valence-corrected chi connectivity index (χ4v) is 2.64. The highest BCUT2D eigenvalue weighted by molar-refractivity contribution is 5.77. The van der Waals surface area contributed by atoms with Crippen LogP contribution in [0.25, 0.3) is 16.7 Å². The van der Waals surface area contributed by atoms with Crippen molar-refractivity contribution >= 4 is 11.0 Å². The lowest BCUT2D eigenvalue weighted by Gasteiger charge is -2.04. The van der Waals surface area contributed by atoms with Crippen molar-refractivity contribution in [2.75, 3.05) is 0 Å². The van der Waals surface area contributed by atoms with Crippen LogP contribution in [0.4, 0.5) is 0 Å². The van der Waals surface area contributed by atoms with Gasteiger partial charge in [0.05, 0.1) is 17.6 Å². The lowest BCUT2D eigenvalue weighted by atomic mass is 10.1. The van der Waals surface area contributed by atoms with Gasteiger partial charge in [-0.25, -0.2) is 4.68 Å². The van der Waals surface area contributed by atoms with Gasteiger partial charge in [0.15, 0.2) is 0 Å². The molecule has 114 valence electrons. The zero-order valence-corrected chi connectivity index (χ0v) is 12.6. The summed E-state index contributed by atoms with van der Waals surface area (Å²) in [6, 6.07) is 20.4. The Morgan fingerprint density at radius 2 is 1.87 bits per heavy atom. The predicted octanol–water partition coefficient (Wildman–Crippen LogP) is 3.91. The first kappa shape index (κ1) is 13.8. The average molecular weight is 303 g/mol. The number of nitrogens with one attached hydrogen (secondary N) is 1. The van der Waals surface area contributed by atoms with E-state index in [2.05, 4.69) is 22.5 Å². The van der Waals surface area contributed by atoms with Gasteiger partial charge in [0, 0.05) is 24.7 Å². The first-order valence-corrected chi connectivity index (χ1v) is 7.65. The Bertz CT molecular complexity index is 908. The molecular weight excluding hydrogens is 286 g/mol. The molecule has 0 bridgehead atoms. The summed E-state index contributed by atoms with van der Waals surface area (Å²) in [6.07, 6.45) is 3.71. The molecule has 0 unspecified atom stereocenters. The molecule has 2 aromatic heterocycles. The molecule has 4 aromatic rings. The monoisotopic (exact) mass is 303 g/mol. The minimum absolute atomic E-state index is 0.739. The number of aromatic nitrogens is 2. The molecule has 0 aliphatic carbocycles. The van der Waals surface area contributed by atoms with E-state index in [1.165, 1.54) is 5.56 Å². The van der Waals surface area contributed by atoms with Gasteiger partial charge in [0.25, 0.3) is 0 Å². The Morgan fingerprint density at radius 1 is 0.957 bits per heavy atom. The van der Waals surface area contributed by atoms with Crippen molar-refractivity contribution in [3.05, 3.63) is 84.4 Å². The highest BCUT2D eigenvalue weighted by Crippen LogP contribution is 2.17. The first-order valence-electron chi connectivity index (χ1n) is 7.65. The molecule has 0 amide bonds. The number of rotatable bonds is 5. The summed E-state index contributed by atoms with van der Waals surface area (Å²) in [4.78, 5) is 0. The van der Waals surface area contributed by atoms with Gasteiger partial charge in [-0.2, -0.15) is 5.10 Å². The summed E-state index contributed by atoms with van der Waals surface area (Å²) in [6.45, 7) is 1.54. The third-order valence-electron chi connectivity index (χ3n) is 3.82. The van der Waals surface area contributed by atoms with Gasteiger partial charge in [0.1, 0.15) is 5.58 Å². The van der Waals surface area contributed by atoms with E-state index in [0.29, 0.717) is 0 Å². The Balaban J connectivity index is 1.38. The van der Waals surface area contributed by atoms with E-state index in [1.54, 1.807) is 6.26 Å². The van der Waals surface area contributed by atoms with E-state index in [4.69, 9.17) is 4.42 Å². The minimum Gasteiger partial charge on any atom is -0.464 e.